The molecule has 2 amide bonds. The molecule has 2 aromatic rings. The van der Waals surface area contributed by atoms with Crippen LogP contribution >= 0.6 is 0 Å². The van der Waals surface area contributed by atoms with Crippen molar-refractivity contribution < 1.29 is 33.3 Å². The van der Waals surface area contributed by atoms with Gasteiger partial charge >= 0.3 is 0 Å². The van der Waals surface area contributed by atoms with Gasteiger partial charge in [-0.25, -0.2) is 0 Å². The minimum Gasteiger partial charge on any atom is -0.493 e. The molecule has 1 aliphatic rings. The molecule has 1 N–H and O–H groups in total. The molecule has 1 aliphatic heterocycles. The van der Waals surface area contributed by atoms with Gasteiger partial charge in [0.2, 0.25) is 17.6 Å². The fourth-order valence-corrected chi connectivity index (χ4v) is 3.41. The van der Waals surface area contributed by atoms with E-state index in [1.807, 2.05) is 0 Å². The average molecular weight is 442 g/mol. The van der Waals surface area contributed by atoms with Gasteiger partial charge in [-0.2, -0.15) is 0 Å². The first-order valence-corrected chi connectivity index (χ1v) is 9.76. The maximum atomic E-state index is 12.8. The number of hydrogen-bond acceptors (Lipinski definition) is 7. The van der Waals surface area contributed by atoms with Crippen molar-refractivity contribution in [2.24, 2.45) is 0 Å². The number of amides is 2. The molecule has 0 radical (unpaired) electrons. The van der Waals surface area contributed by atoms with Crippen molar-refractivity contribution in [1.82, 2.24) is 4.90 Å². The predicted molar refractivity (Wildman–Crippen MR) is 119 cm³/mol. The number of nitrogens with one attached hydrogen (secondary N) is 1. The normalized spacial score (nSPS) is 12.5. The van der Waals surface area contributed by atoms with E-state index in [9.17, 15) is 9.59 Å². The molecule has 0 fully saturated rings. The van der Waals surface area contributed by atoms with Gasteiger partial charge in [-0.3, -0.25) is 9.59 Å². The Labute approximate surface area is 186 Å². The predicted octanol–water partition coefficient (Wildman–Crippen LogP) is 2.72. The third-order valence-electron chi connectivity index (χ3n) is 5.00. The highest BCUT2D eigenvalue weighted by Gasteiger charge is 2.22. The summed E-state index contributed by atoms with van der Waals surface area (Å²) in [7, 11) is 7.57. The molecule has 3 rings (SSSR count). The molecule has 9 nitrogen and oxygen atoms in total. The molecule has 0 spiro atoms. The van der Waals surface area contributed by atoms with Gasteiger partial charge in [0.15, 0.2) is 23.0 Å². The molecule has 9 heteroatoms. The van der Waals surface area contributed by atoms with Gasteiger partial charge in [0.1, 0.15) is 6.54 Å². The van der Waals surface area contributed by atoms with Crippen LogP contribution in [-0.4, -0.2) is 58.8 Å². The Bertz CT molecular complexity index is 1020. The first-order valence-electron chi connectivity index (χ1n) is 9.76. The highest BCUT2D eigenvalue weighted by Crippen LogP contribution is 2.40. The summed E-state index contributed by atoms with van der Waals surface area (Å²) in [5.41, 5.74) is 2.06. The Morgan fingerprint density at radius 1 is 0.875 bits per heavy atom. The lowest BCUT2D eigenvalue weighted by Crippen LogP contribution is -2.34. The molecule has 0 atom stereocenters. The summed E-state index contributed by atoms with van der Waals surface area (Å²) in [6.07, 6.45) is 3.49. The number of nitrogens with zero attached hydrogens (tertiary/aromatic N) is 1. The van der Waals surface area contributed by atoms with Crippen LogP contribution in [0.5, 0.6) is 28.7 Å². The monoisotopic (exact) mass is 442 g/mol. The molecule has 2 aromatic carbocycles. The molecule has 0 aromatic heterocycles. The van der Waals surface area contributed by atoms with Crippen molar-refractivity contribution in [3.63, 3.8) is 0 Å². The van der Waals surface area contributed by atoms with Crippen molar-refractivity contribution in [2.75, 3.05) is 47.4 Å². The van der Waals surface area contributed by atoms with E-state index in [1.54, 1.807) is 50.8 Å². The molecule has 0 bridgehead atoms. The van der Waals surface area contributed by atoms with E-state index in [1.165, 1.54) is 26.2 Å². The van der Waals surface area contributed by atoms with Crippen molar-refractivity contribution in [3.8, 4) is 28.7 Å². The molecular weight excluding hydrogens is 416 g/mol. The maximum Gasteiger partial charge on any atom is 0.244 e. The quantitative estimate of drug-likeness (QED) is 0.672. The molecule has 1 heterocycles. The first kappa shape index (κ1) is 22.8. The number of methoxy groups -OCH3 is 5. The van der Waals surface area contributed by atoms with Gasteiger partial charge in [-0.15, -0.1) is 0 Å². The summed E-state index contributed by atoms with van der Waals surface area (Å²) < 4.78 is 26.6. The summed E-state index contributed by atoms with van der Waals surface area (Å²) >= 11 is 0. The highest BCUT2D eigenvalue weighted by molar-refractivity contribution is 5.96. The number of ether oxygens (including phenoxy) is 5. The van der Waals surface area contributed by atoms with Gasteiger partial charge in [0, 0.05) is 24.0 Å². The highest BCUT2D eigenvalue weighted by atomic mass is 16.5. The standard InChI is InChI=1S/C23H26N2O7/c1-28-17-8-14-6-7-25(22(27)10-15(14)9-18(17)29-2)13-21(26)24-16-11-19(30-3)23(32-5)20(12-16)31-4/h6-9,11-12H,10,13H2,1-5H3,(H,24,26). The Morgan fingerprint density at radius 2 is 1.47 bits per heavy atom. The van der Waals surface area contributed by atoms with Crippen molar-refractivity contribution >= 4 is 23.6 Å². The second kappa shape index (κ2) is 9.95. The number of fused-ring (bicyclic) bond motifs is 1. The number of benzene rings is 2. The minimum absolute atomic E-state index is 0.125. The summed E-state index contributed by atoms with van der Waals surface area (Å²) in [4.78, 5) is 26.8. The first-order chi connectivity index (χ1) is 15.4. The summed E-state index contributed by atoms with van der Waals surface area (Å²) in [6.45, 7) is -0.158. The van der Waals surface area contributed by atoms with Crippen molar-refractivity contribution in [3.05, 3.63) is 41.6 Å². The molecular formula is C23H26N2O7. The van der Waals surface area contributed by atoms with E-state index in [-0.39, 0.29) is 24.8 Å². The second-order valence-corrected chi connectivity index (χ2v) is 6.88. The largest absolute Gasteiger partial charge is 0.493 e. The lowest BCUT2D eigenvalue weighted by molar-refractivity contribution is -0.131. The van der Waals surface area contributed by atoms with Gasteiger partial charge in [-0.05, 0) is 29.3 Å². The van der Waals surface area contributed by atoms with E-state index in [0.717, 1.165) is 11.1 Å². The van der Waals surface area contributed by atoms with E-state index < -0.39 is 0 Å². The lowest BCUT2D eigenvalue weighted by Gasteiger charge is -2.18. The summed E-state index contributed by atoms with van der Waals surface area (Å²) in [6, 6.07) is 6.81. The van der Waals surface area contributed by atoms with Gasteiger partial charge < -0.3 is 33.9 Å². The average Bonchev–Trinajstić information content (AvgIpc) is 2.95. The summed E-state index contributed by atoms with van der Waals surface area (Å²) in [5.74, 6) is 1.75. The zero-order chi connectivity index (χ0) is 23.3. The van der Waals surface area contributed by atoms with E-state index in [0.29, 0.717) is 34.4 Å². The van der Waals surface area contributed by atoms with Crippen LogP contribution in [0.2, 0.25) is 0 Å². The van der Waals surface area contributed by atoms with Crippen molar-refractivity contribution in [1.29, 1.82) is 0 Å². The number of anilines is 1. The Morgan fingerprint density at radius 3 is 2.03 bits per heavy atom. The fraction of sp³-hybridized carbons (Fsp3) is 0.304. The van der Waals surface area contributed by atoms with Crippen LogP contribution in [0.4, 0.5) is 5.69 Å². The van der Waals surface area contributed by atoms with Gasteiger partial charge in [0.05, 0.1) is 42.0 Å². The van der Waals surface area contributed by atoms with Crippen LogP contribution in [0, 0.1) is 0 Å². The lowest BCUT2D eigenvalue weighted by atomic mass is 10.0. The molecule has 0 unspecified atom stereocenters. The molecule has 0 saturated heterocycles. The second-order valence-electron chi connectivity index (χ2n) is 6.88. The number of carbonyl (C=O) groups is 2. The van der Waals surface area contributed by atoms with Crippen LogP contribution in [0.15, 0.2) is 30.5 Å². The van der Waals surface area contributed by atoms with Crippen LogP contribution in [0.25, 0.3) is 6.08 Å². The molecule has 32 heavy (non-hydrogen) atoms. The van der Waals surface area contributed by atoms with Crippen LogP contribution < -0.4 is 29.0 Å². The molecule has 0 aliphatic carbocycles. The molecule has 170 valence electrons. The van der Waals surface area contributed by atoms with E-state index in [4.69, 9.17) is 23.7 Å². The number of rotatable bonds is 8. The Hall–Kier alpha value is -3.88. The topological polar surface area (TPSA) is 95.6 Å². The van der Waals surface area contributed by atoms with E-state index in [2.05, 4.69) is 5.32 Å². The number of hydrogen-bond donors (Lipinski definition) is 1. The maximum absolute atomic E-state index is 12.8. The van der Waals surface area contributed by atoms with Crippen LogP contribution in [0.3, 0.4) is 0 Å². The molecule has 0 saturated carbocycles. The SMILES string of the molecule is COc1cc2c(cc1OC)CC(=O)N(CC(=O)Nc1cc(OC)c(OC)c(OC)c1)C=C2. The minimum atomic E-state index is -0.376. The third-order valence-corrected chi connectivity index (χ3v) is 5.00. The van der Waals surface area contributed by atoms with E-state index >= 15 is 0 Å². The Balaban J connectivity index is 1.76. The van der Waals surface area contributed by atoms with Gasteiger partial charge in [0.25, 0.3) is 0 Å². The van der Waals surface area contributed by atoms with Crippen LogP contribution in [0.1, 0.15) is 11.1 Å². The number of carbonyl (C=O) groups excluding carboxylic acids is 2. The van der Waals surface area contributed by atoms with Crippen molar-refractivity contribution in [2.45, 2.75) is 6.42 Å². The summed E-state index contributed by atoms with van der Waals surface area (Å²) in [5, 5.41) is 2.77. The third kappa shape index (κ3) is 4.72. The smallest absolute Gasteiger partial charge is 0.244 e. The fourth-order valence-electron chi connectivity index (χ4n) is 3.41. The van der Waals surface area contributed by atoms with Gasteiger partial charge in [-0.1, -0.05) is 0 Å². The zero-order valence-electron chi connectivity index (χ0n) is 18.7. The Kier molecular flexibility index (Phi) is 7.09. The zero-order valence-corrected chi connectivity index (χ0v) is 18.7. The van der Waals surface area contributed by atoms with Crippen LogP contribution in [-0.2, 0) is 16.0 Å².